The Morgan fingerprint density at radius 1 is 1.21 bits per heavy atom. The van der Waals surface area contributed by atoms with Crippen LogP contribution in [-0.2, 0) is 0 Å². The molecule has 2 heteroatoms. The summed E-state index contributed by atoms with van der Waals surface area (Å²) in [5.41, 5.74) is 0. The Hall–Kier alpha value is -0.0800. The fourth-order valence-electron chi connectivity index (χ4n) is 3.14. The second kappa shape index (κ2) is 9.77. The number of unbranched alkanes of at least 4 members (excludes halogenated alkanes) is 1. The molecular weight excluding hydrogens is 232 g/mol. The van der Waals surface area contributed by atoms with Crippen molar-refractivity contribution in [2.75, 3.05) is 26.2 Å². The molecule has 0 aromatic heterocycles. The monoisotopic (exact) mass is 268 g/mol. The van der Waals surface area contributed by atoms with Gasteiger partial charge in [-0.15, -0.1) is 0 Å². The predicted molar refractivity (Wildman–Crippen MR) is 85.6 cm³/mol. The van der Waals surface area contributed by atoms with Crippen molar-refractivity contribution in [1.82, 2.24) is 10.2 Å². The Morgan fingerprint density at radius 2 is 2.00 bits per heavy atom. The number of hydrogen-bond acceptors (Lipinski definition) is 2. The molecule has 1 aliphatic rings. The number of nitrogens with zero attached hydrogens (tertiary/aromatic N) is 1. The molecule has 19 heavy (non-hydrogen) atoms. The quantitative estimate of drug-likeness (QED) is 0.682. The molecule has 0 amide bonds. The highest BCUT2D eigenvalue weighted by Crippen LogP contribution is 2.23. The van der Waals surface area contributed by atoms with Crippen LogP contribution in [0.3, 0.4) is 0 Å². The predicted octanol–water partition coefficient (Wildman–Crippen LogP) is 3.91. The first-order valence-corrected chi connectivity index (χ1v) is 8.63. The van der Waals surface area contributed by atoms with Crippen molar-refractivity contribution in [1.29, 1.82) is 0 Å². The molecule has 1 heterocycles. The Labute approximate surface area is 121 Å². The first-order chi connectivity index (χ1) is 9.19. The maximum absolute atomic E-state index is 3.56. The van der Waals surface area contributed by atoms with Gasteiger partial charge in [0.1, 0.15) is 0 Å². The van der Waals surface area contributed by atoms with E-state index >= 15 is 0 Å². The van der Waals surface area contributed by atoms with Gasteiger partial charge in [0, 0.05) is 6.04 Å². The molecule has 1 fully saturated rings. The molecule has 1 N–H and O–H groups in total. The standard InChI is InChI=1S/C17H36N2/c1-5-7-12-19(16(4)6-2)13-10-15(3)17-9-8-11-18-14-17/h15-18H,5-14H2,1-4H3. The molecule has 0 aromatic rings. The van der Waals surface area contributed by atoms with E-state index < -0.39 is 0 Å². The van der Waals surface area contributed by atoms with Crippen LogP contribution in [0.4, 0.5) is 0 Å². The number of piperidine rings is 1. The zero-order valence-corrected chi connectivity index (χ0v) is 13.8. The van der Waals surface area contributed by atoms with Crippen LogP contribution in [-0.4, -0.2) is 37.1 Å². The molecule has 0 aromatic carbocycles. The van der Waals surface area contributed by atoms with Gasteiger partial charge in [0.15, 0.2) is 0 Å². The normalized spacial score (nSPS) is 23.5. The first kappa shape index (κ1) is 17.0. The SMILES string of the molecule is CCCCN(CCC(C)C1CCCNC1)C(C)CC. The molecule has 1 saturated heterocycles. The number of rotatable bonds is 9. The third kappa shape index (κ3) is 6.27. The molecule has 2 nitrogen and oxygen atoms in total. The van der Waals surface area contributed by atoms with Crippen LogP contribution in [0.15, 0.2) is 0 Å². The molecule has 1 aliphatic heterocycles. The fourth-order valence-corrected chi connectivity index (χ4v) is 3.14. The smallest absolute Gasteiger partial charge is 0.00643 e. The Balaban J connectivity index is 2.32. The molecule has 3 unspecified atom stereocenters. The topological polar surface area (TPSA) is 15.3 Å². The van der Waals surface area contributed by atoms with Crippen LogP contribution >= 0.6 is 0 Å². The van der Waals surface area contributed by atoms with Crippen molar-refractivity contribution < 1.29 is 0 Å². The number of nitrogens with one attached hydrogen (secondary N) is 1. The van der Waals surface area contributed by atoms with Gasteiger partial charge >= 0.3 is 0 Å². The van der Waals surface area contributed by atoms with E-state index in [0.29, 0.717) is 0 Å². The lowest BCUT2D eigenvalue weighted by Gasteiger charge is -2.33. The van der Waals surface area contributed by atoms with Crippen molar-refractivity contribution in [3.8, 4) is 0 Å². The summed E-state index contributed by atoms with van der Waals surface area (Å²) < 4.78 is 0. The van der Waals surface area contributed by atoms with Crippen molar-refractivity contribution >= 4 is 0 Å². The Morgan fingerprint density at radius 3 is 2.58 bits per heavy atom. The van der Waals surface area contributed by atoms with Gasteiger partial charge in [0.2, 0.25) is 0 Å². The molecule has 1 rings (SSSR count). The van der Waals surface area contributed by atoms with E-state index in [9.17, 15) is 0 Å². The molecule has 114 valence electrons. The van der Waals surface area contributed by atoms with E-state index in [4.69, 9.17) is 0 Å². The zero-order chi connectivity index (χ0) is 14.1. The van der Waals surface area contributed by atoms with E-state index in [0.717, 1.165) is 17.9 Å². The molecule has 0 saturated carbocycles. The lowest BCUT2D eigenvalue weighted by Crippen LogP contribution is -2.37. The maximum atomic E-state index is 3.56. The van der Waals surface area contributed by atoms with Gasteiger partial charge in [-0.1, -0.05) is 27.2 Å². The maximum Gasteiger partial charge on any atom is 0.00643 e. The van der Waals surface area contributed by atoms with Crippen LogP contribution in [0.5, 0.6) is 0 Å². The third-order valence-electron chi connectivity index (χ3n) is 5.02. The second-order valence-electron chi connectivity index (χ2n) is 6.52. The van der Waals surface area contributed by atoms with Gasteiger partial charge in [-0.3, -0.25) is 0 Å². The van der Waals surface area contributed by atoms with E-state index in [-0.39, 0.29) is 0 Å². The number of hydrogen-bond donors (Lipinski definition) is 1. The highest BCUT2D eigenvalue weighted by Gasteiger charge is 2.21. The largest absolute Gasteiger partial charge is 0.316 e. The molecular formula is C17H36N2. The van der Waals surface area contributed by atoms with Gasteiger partial charge < -0.3 is 10.2 Å². The van der Waals surface area contributed by atoms with Gasteiger partial charge in [0.05, 0.1) is 0 Å². The minimum absolute atomic E-state index is 0.753. The third-order valence-corrected chi connectivity index (χ3v) is 5.02. The lowest BCUT2D eigenvalue weighted by molar-refractivity contribution is 0.170. The summed E-state index contributed by atoms with van der Waals surface area (Å²) in [6.45, 7) is 14.5. The van der Waals surface area contributed by atoms with Crippen molar-refractivity contribution in [2.24, 2.45) is 11.8 Å². The van der Waals surface area contributed by atoms with Gasteiger partial charge in [0.25, 0.3) is 0 Å². The average molecular weight is 268 g/mol. The highest BCUT2D eigenvalue weighted by atomic mass is 15.1. The van der Waals surface area contributed by atoms with E-state index in [1.165, 1.54) is 64.7 Å². The minimum Gasteiger partial charge on any atom is -0.316 e. The first-order valence-electron chi connectivity index (χ1n) is 8.63. The Kier molecular flexibility index (Phi) is 8.72. The fraction of sp³-hybridized carbons (Fsp3) is 1.00. The van der Waals surface area contributed by atoms with E-state index in [1.54, 1.807) is 0 Å². The summed E-state index contributed by atoms with van der Waals surface area (Å²) in [6, 6.07) is 0.753. The van der Waals surface area contributed by atoms with Crippen molar-refractivity contribution in [2.45, 2.75) is 72.3 Å². The average Bonchev–Trinajstić information content (AvgIpc) is 2.47. The van der Waals surface area contributed by atoms with Crippen LogP contribution in [0.2, 0.25) is 0 Å². The summed E-state index contributed by atoms with van der Waals surface area (Å²) in [5.74, 6) is 1.79. The van der Waals surface area contributed by atoms with Crippen molar-refractivity contribution in [3.63, 3.8) is 0 Å². The van der Waals surface area contributed by atoms with Crippen LogP contribution < -0.4 is 5.32 Å². The van der Waals surface area contributed by atoms with Gasteiger partial charge in [-0.2, -0.15) is 0 Å². The summed E-state index contributed by atoms with van der Waals surface area (Å²) >= 11 is 0. The summed E-state index contributed by atoms with van der Waals surface area (Å²) in [4.78, 5) is 2.72. The molecule has 0 bridgehead atoms. The summed E-state index contributed by atoms with van der Waals surface area (Å²) in [5, 5.41) is 3.56. The molecule has 3 atom stereocenters. The second-order valence-corrected chi connectivity index (χ2v) is 6.52. The van der Waals surface area contributed by atoms with Gasteiger partial charge in [-0.25, -0.2) is 0 Å². The lowest BCUT2D eigenvalue weighted by atomic mass is 9.85. The molecule has 0 aliphatic carbocycles. The van der Waals surface area contributed by atoms with E-state index in [2.05, 4.69) is 37.9 Å². The van der Waals surface area contributed by atoms with E-state index in [1.807, 2.05) is 0 Å². The highest BCUT2D eigenvalue weighted by molar-refractivity contribution is 4.76. The molecule has 0 spiro atoms. The Bertz CT molecular complexity index is 211. The zero-order valence-electron chi connectivity index (χ0n) is 13.8. The van der Waals surface area contributed by atoms with Crippen molar-refractivity contribution in [3.05, 3.63) is 0 Å². The van der Waals surface area contributed by atoms with Crippen LogP contribution in [0, 0.1) is 11.8 Å². The van der Waals surface area contributed by atoms with Crippen LogP contribution in [0.1, 0.15) is 66.2 Å². The summed E-state index contributed by atoms with van der Waals surface area (Å²) in [6.07, 6.45) is 8.13. The van der Waals surface area contributed by atoms with Gasteiger partial charge in [-0.05, 0) is 77.0 Å². The minimum atomic E-state index is 0.753. The molecule has 0 radical (unpaired) electrons. The summed E-state index contributed by atoms with van der Waals surface area (Å²) in [7, 11) is 0. The van der Waals surface area contributed by atoms with Crippen LogP contribution in [0.25, 0.3) is 0 Å².